The van der Waals surface area contributed by atoms with Gasteiger partial charge in [-0.05, 0) is 54.5 Å². The van der Waals surface area contributed by atoms with Crippen LogP contribution in [0, 0.1) is 5.92 Å². The molecule has 2 aliphatic heterocycles. The number of amides is 2. The Hall–Kier alpha value is -3.44. The lowest BCUT2D eigenvalue weighted by atomic mass is 9.88. The summed E-state index contributed by atoms with van der Waals surface area (Å²) >= 11 is 0. The highest BCUT2D eigenvalue weighted by molar-refractivity contribution is 6.42. The molecule has 0 bridgehead atoms. The van der Waals surface area contributed by atoms with E-state index in [9.17, 15) is 9.59 Å². The van der Waals surface area contributed by atoms with Gasteiger partial charge >= 0.3 is 0 Å². The number of para-hydroxylation sites is 1. The zero-order valence-corrected chi connectivity index (χ0v) is 17.2. The second kappa shape index (κ2) is 6.79. The van der Waals surface area contributed by atoms with Crippen molar-refractivity contribution in [1.29, 1.82) is 0 Å². The lowest BCUT2D eigenvalue weighted by molar-refractivity contribution is -0.123. The molecule has 0 spiro atoms. The summed E-state index contributed by atoms with van der Waals surface area (Å²) in [6.07, 6.45) is 4.69. The zero-order valence-electron chi connectivity index (χ0n) is 17.2. The molecule has 3 N–H and O–H groups in total. The molecule has 5 nitrogen and oxygen atoms in total. The van der Waals surface area contributed by atoms with Crippen molar-refractivity contribution in [3.63, 3.8) is 0 Å². The Balaban J connectivity index is 1.65. The molecule has 1 aliphatic carbocycles. The maximum atomic E-state index is 13.2. The van der Waals surface area contributed by atoms with Crippen LogP contribution in [-0.2, 0) is 29.0 Å². The van der Waals surface area contributed by atoms with Crippen molar-refractivity contribution in [2.75, 3.05) is 6.54 Å². The molecule has 5 heteroatoms. The minimum atomic E-state index is -0.307. The maximum absolute atomic E-state index is 13.2. The van der Waals surface area contributed by atoms with Gasteiger partial charge in [-0.15, -0.1) is 0 Å². The van der Waals surface area contributed by atoms with E-state index >= 15 is 0 Å². The zero-order chi connectivity index (χ0) is 21.1. The number of nitrogens with zero attached hydrogens (tertiary/aromatic N) is 1. The van der Waals surface area contributed by atoms with Crippen LogP contribution >= 0.6 is 0 Å². The number of nitrogens with two attached hydrogens (primary N) is 1. The molecule has 1 atom stereocenters. The summed E-state index contributed by atoms with van der Waals surface area (Å²) < 4.78 is 2.31. The standard InChI is InChI=1S/C26H23N3O2/c27-14-15-11-12-29-20-8-4-3-7-19(20)22(21(29)13-15)24-23(25(30)28-26(24)31)18-10-9-16-5-1-2-6-17(16)18/h1-8,10,15H,9,11-14,27H2,(H,28,30,31). The number of hydrogen-bond acceptors (Lipinski definition) is 3. The average Bonchev–Trinajstić information content (AvgIpc) is 3.44. The van der Waals surface area contributed by atoms with Gasteiger partial charge in [-0.1, -0.05) is 48.5 Å². The fraction of sp³-hybridized carbons (Fsp3) is 0.231. The molecule has 0 fully saturated rings. The predicted octanol–water partition coefficient (Wildman–Crippen LogP) is 3.21. The predicted molar refractivity (Wildman–Crippen MR) is 121 cm³/mol. The summed E-state index contributed by atoms with van der Waals surface area (Å²) in [5, 5.41) is 3.61. The first-order chi connectivity index (χ1) is 15.2. The van der Waals surface area contributed by atoms with Gasteiger partial charge in [0.05, 0.1) is 11.1 Å². The number of aryl methyl sites for hydroxylation is 1. The second-order valence-corrected chi connectivity index (χ2v) is 8.60. The molecule has 2 aromatic carbocycles. The number of allylic oxidation sites excluding steroid dienone is 1. The molecule has 3 aromatic rings. The fourth-order valence-electron chi connectivity index (χ4n) is 5.46. The molecule has 0 saturated carbocycles. The van der Waals surface area contributed by atoms with Crippen molar-refractivity contribution in [3.8, 4) is 0 Å². The summed E-state index contributed by atoms with van der Waals surface area (Å²) in [6, 6.07) is 16.3. The van der Waals surface area contributed by atoms with Crippen LogP contribution in [0.1, 0.15) is 28.8 Å². The molecule has 3 aliphatic rings. The van der Waals surface area contributed by atoms with Crippen molar-refractivity contribution in [2.24, 2.45) is 11.7 Å². The Morgan fingerprint density at radius 2 is 1.77 bits per heavy atom. The number of hydrogen-bond donors (Lipinski definition) is 2. The highest BCUT2D eigenvalue weighted by Crippen LogP contribution is 2.43. The van der Waals surface area contributed by atoms with E-state index in [-0.39, 0.29) is 11.8 Å². The highest BCUT2D eigenvalue weighted by atomic mass is 16.2. The van der Waals surface area contributed by atoms with Crippen LogP contribution in [0.5, 0.6) is 0 Å². The third kappa shape index (κ3) is 2.60. The van der Waals surface area contributed by atoms with Crippen LogP contribution < -0.4 is 11.1 Å². The highest BCUT2D eigenvalue weighted by Gasteiger charge is 2.39. The van der Waals surface area contributed by atoms with Crippen molar-refractivity contribution in [3.05, 3.63) is 82.6 Å². The lowest BCUT2D eigenvalue weighted by Gasteiger charge is -2.25. The minimum Gasteiger partial charge on any atom is -0.344 e. The van der Waals surface area contributed by atoms with Gasteiger partial charge in [-0.25, -0.2) is 0 Å². The van der Waals surface area contributed by atoms with Crippen LogP contribution in [0.15, 0.2) is 60.2 Å². The van der Waals surface area contributed by atoms with Crippen molar-refractivity contribution < 1.29 is 9.59 Å². The maximum Gasteiger partial charge on any atom is 0.259 e. The normalized spacial score (nSPS) is 20.2. The number of benzene rings is 2. The summed E-state index contributed by atoms with van der Waals surface area (Å²) in [4.78, 5) is 26.2. The van der Waals surface area contributed by atoms with Gasteiger partial charge in [0.1, 0.15) is 0 Å². The molecule has 2 amide bonds. The first kappa shape index (κ1) is 18.3. The fourth-order valence-corrected chi connectivity index (χ4v) is 5.46. The second-order valence-electron chi connectivity index (χ2n) is 8.60. The van der Waals surface area contributed by atoms with Gasteiger partial charge in [0.25, 0.3) is 11.8 Å². The van der Waals surface area contributed by atoms with Gasteiger partial charge in [0.2, 0.25) is 0 Å². The number of nitrogens with one attached hydrogen (secondary N) is 1. The molecule has 31 heavy (non-hydrogen) atoms. The average molecular weight is 409 g/mol. The van der Waals surface area contributed by atoms with E-state index < -0.39 is 0 Å². The van der Waals surface area contributed by atoms with Crippen molar-refractivity contribution in [2.45, 2.75) is 25.8 Å². The topological polar surface area (TPSA) is 77.1 Å². The molecule has 3 heterocycles. The SMILES string of the molecule is NCC1CCn2c(c(C3=C(C4=CCc5ccccc54)C(=O)NC3=O)c3ccccc32)C1. The smallest absolute Gasteiger partial charge is 0.259 e. The first-order valence-electron chi connectivity index (χ1n) is 10.9. The monoisotopic (exact) mass is 409 g/mol. The molecule has 0 radical (unpaired) electrons. The van der Waals surface area contributed by atoms with E-state index in [1.165, 1.54) is 5.56 Å². The Morgan fingerprint density at radius 3 is 2.65 bits per heavy atom. The molecule has 1 aromatic heterocycles. The van der Waals surface area contributed by atoms with E-state index in [0.717, 1.165) is 59.1 Å². The number of rotatable bonds is 3. The first-order valence-corrected chi connectivity index (χ1v) is 10.9. The third-order valence-electron chi connectivity index (χ3n) is 6.94. The van der Waals surface area contributed by atoms with Crippen molar-refractivity contribution in [1.82, 2.24) is 9.88 Å². The summed E-state index contributed by atoms with van der Waals surface area (Å²) in [7, 11) is 0. The van der Waals surface area contributed by atoms with Crippen LogP contribution in [0.2, 0.25) is 0 Å². The van der Waals surface area contributed by atoms with Gasteiger partial charge in [-0.2, -0.15) is 0 Å². The molecular formula is C26H23N3O2. The number of aromatic nitrogens is 1. The van der Waals surface area contributed by atoms with E-state index in [1.54, 1.807) is 0 Å². The number of carbonyl (C=O) groups is 2. The molecule has 154 valence electrons. The van der Waals surface area contributed by atoms with Gasteiger partial charge in [0.15, 0.2) is 0 Å². The molecular weight excluding hydrogens is 386 g/mol. The van der Waals surface area contributed by atoms with Gasteiger partial charge in [-0.3, -0.25) is 14.9 Å². The van der Waals surface area contributed by atoms with Gasteiger partial charge < -0.3 is 10.3 Å². The Morgan fingerprint density at radius 1 is 1.00 bits per heavy atom. The van der Waals surface area contributed by atoms with Crippen LogP contribution in [-0.4, -0.2) is 22.9 Å². The summed E-state index contributed by atoms with van der Waals surface area (Å²) in [5.74, 6) is -0.233. The third-order valence-corrected chi connectivity index (χ3v) is 6.94. The number of fused-ring (bicyclic) bond motifs is 4. The van der Waals surface area contributed by atoms with Crippen LogP contribution in [0.25, 0.3) is 22.0 Å². The van der Waals surface area contributed by atoms with Gasteiger partial charge in [0, 0.05) is 28.7 Å². The Bertz CT molecular complexity index is 1340. The molecule has 1 unspecified atom stereocenters. The summed E-state index contributed by atoms with van der Waals surface area (Å²) in [6.45, 7) is 1.50. The van der Waals surface area contributed by atoms with Crippen LogP contribution in [0.4, 0.5) is 0 Å². The quantitative estimate of drug-likeness (QED) is 0.652. The Labute approximate surface area is 180 Å². The summed E-state index contributed by atoms with van der Waals surface area (Å²) in [5.41, 5.74) is 13.3. The number of carbonyl (C=O) groups excluding carboxylic acids is 2. The molecule has 0 saturated heterocycles. The molecule has 6 rings (SSSR count). The van der Waals surface area contributed by atoms with E-state index in [0.29, 0.717) is 23.6 Å². The Kier molecular flexibility index (Phi) is 4.02. The van der Waals surface area contributed by atoms with E-state index in [1.807, 2.05) is 30.3 Å². The number of imide groups is 1. The van der Waals surface area contributed by atoms with E-state index in [4.69, 9.17) is 5.73 Å². The van der Waals surface area contributed by atoms with Crippen LogP contribution in [0.3, 0.4) is 0 Å². The largest absolute Gasteiger partial charge is 0.344 e. The minimum absolute atomic E-state index is 0.306. The van der Waals surface area contributed by atoms with Crippen molar-refractivity contribution >= 4 is 33.9 Å². The van der Waals surface area contributed by atoms with E-state index in [2.05, 4.69) is 34.2 Å². The lowest BCUT2D eigenvalue weighted by Crippen LogP contribution is -2.26.